The van der Waals surface area contributed by atoms with Gasteiger partial charge in [0.25, 0.3) is 0 Å². The molecular weight excluding hydrogens is 260 g/mol. The molecule has 3 nitrogen and oxygen atoms in total. The van der Waals surface area contributed by atoms with Crippen LogP contribution in [-0.4, -0.2) is 18.2 Å². The molecule has 1 spiro atoms. The number of ether oxygens (including phenoxy) is 1. The van der Waals surface area contributed by atoms with Gasteiger partial charge in [0.15, 0.2) is 0 Å². The quantitative estimate of drug-likeness (QED) is 0.646. The Hall–Kier alpha value is -0.900. The minimum atomic E-state index is 0.210. The van der Waals surface area contributed by atoms with Crippen molar-refractivity contribution in [2.45, 2.75) is 63.5 Å². The van der Waals surface area contributed by atoms with E-state index in [0.717, 1.165) is 25.9 Å². The van der Waals surface area contributed by atoms with Gasteiger partial charge in [-0.05, 0) is 63.4 Å². The molecule has 3 heteroatoms. The van der Waals surface area contributed by atoms with Gasteiger partial charge in [-0.15, -0.1) is 0 Å². The summed E-state index contributed by atoms with van der Waals surface area (Å²) in [5, 5.41) is 0. The molecule has 0 radical (unpaired) electrons. The van der Waals surface area contributed by atoms with Gasteiger partial charge in [-0.2, -0.15) is 0 Å². The summed E-state index contributed by atoms with van der Waals surface area (Å²) in [4.78, 5) is 0. The number of hydrogen-bond donors (Lipinski definition) is 2. The molecule has 0 bridgehead atoms. The summed E-state index contributed by atoms with van der Waals surface area (Å²) < 4.78 is 6.04. The van der Waals surface area contributed by atoms with E-state index in [-0.39, 0.29) is 5.60 Å². The molecule has 1 saturated carbocycles. The third kappa shape index (κ3) is 3.47. The summed E-state index contributed by atoms with van der Waals surface area (Å²) in [6.07, 6.45) is 8.37. The number of aryl methyl sites for hydroxylation is 2. The number of hydrazine groups is 1. The van der Waals surface area contributed by atoms with Gasteiger partial charge >= 0.3 is 0 Å². The van der Waals surface area contributed by atoms with Gasteiger partial charge in [-0.1, -0.05) is 29.8 Å². The summed E-state index contributed by atoms with van der Waals surface area (Å²) >= 11 is 0. The zero-order valence-corrected chi connectivity index (χ0v) is 13.1. The normalized spacial score (nSPS) is 25.5. The number of rotatable bonds is 5. The fourth-order valence-electron chi connectivity index (χ4n) is 3.97. The Morgan fingerprint density at radius 3 is 2.95 bits per heavy atom. The molecule has 1 aliphatic heterocycles. The molecule has 1 aliphatic carbocycles. The largest absolute Gasteiger partial charge is 0.375 e. The number of nitrogens with two attached hydrogens (primary N) is 1. The van der Waals surface area contributed by atoms with E-state index < -0.39 is 0 Å². The average molecular weight is 288 g/mol. The van der Waals surface area contributed by atoms with Crippen LogP contribution < -0.4 is 11.3 Å². The zero-order valence-electron chi connectivity index (χ0n) is 13.1. The van der Waals surface area contributed by atoms with Crippen LogP contribution >= 0.6 is 0 Å². The Bertz CT molecular complexity index is 470. The minimum absolute atomic E-state index is 0.210. The maximum Gasteiger partial charge on any atom is 0.0685 e. The highest BCUT2D eigenvalue weighted by Gasteiger charge is 2.44. The predicted octanol–water partition coefficient (Wildman–Crippen LogP) is 3.11. The van der Waals surface area contributed by atoms with Gasteiger partial charge in [-0.25, -0.2) is 0 Å². The fraction of sp³-hybridized carbons (Fsp3) is 0.667. The van der Waals surface area contributed by atoms with Gasteiger partial charge in [0.1, 0.15) is 0 Å². The Labute approximate surface area is 128 Å². The third-order valence-electron chi connectivity index (χ3n) is 5.41. The molecule has 21 heavy (non-hydrogen) atoms. The highest BCUT2D eigenvalue weighted by molar-refractivity contribution is 5.22. The Morgan fingerprint density at radius 2 is 2.29 bits per heavy atom. The standard InChI is InChI=1S/C18H28N2O/c1-14-4-2-5-15(12-14)6-7-17(20-19)16-8-11-21-18(13-16)9-3-10-18/h2,4-5,12,16-17,20H,3,6-11,13,19H2,1H3. The van der Waals surface area contributed by atoms with Gasteiger partial charge < -0.3 is 4.74 Å². The maximum atomic E-state index is 6.04. The van der Waals surface area contributed by atoms with Crippen LogP contribution in [0.1, 0.15) is 49.7 Å². The molecule has 0 amide bonds. The number of benzene rings is 1. The van der Waals surface area contributed by atoms with E-state index in [1.165, 1.54) is 36.8 Å². The van der Waals surface area contributed by atoms with E-state index in [4.69, 9.17) is 10.6 Å². The van der Waals surface area contributed by atoms with E-state index in [1.807, 2.05) is 0 Å². The highest BCUT2D eigenvalue weighted by atomic mass is 16.5. The lowest BCUT2D eigenvalue weighted by Gasteiger charge is -2.48. The van der Waals surface area contributed by atoms with E-state index in [1.54, 1.807) is 0 Å². The van der Waals surface area contributed by atoms with Gasteiger partial charge in [0, 0.05) is 12.6 Å². The van der Waals surface area contributed by atoms with Crippen LogP contribution in [0.25, 0.3) is 0 Å². The highest BCUT2D eigenvalue weighted by Crippen LogP contribution is 2.45. The maximum absolute atomic E-state index is 6.04. The van der Waals surface area contributed by atoms with E-state index in [2.05, 4.69) is 36.6 Å². The first-order valence-electron chi connectivity index (χ1n) is 8.36. The van der Waals surface area contributed by atoms with Crippen molar-refractivity contribution in [3.05, 3.63) is 35.4 Å². The van der Waals surface area contributed by atoms with Crippen molar-refractivity contribution < 1.29 is 4.74 Å². The lowest BCUT2D eigenvalue weighted by atomic mass is 9.70. The van der Waals surface area contributed by atoms with E-state index >= 15 is 0 Å². The summed E-state index contributed by atoms with van der Waals surface area (Å²) in [5.74, 6) is 6.52. The molecule has 1 aromatic carbocycles. The average Bonchev–Trinajstić information content (AvgIpc) is 2.47. The van der Waals surface area contributed by atoms with E-state index in [0.29, 0.717) is 12.0 Å². The van der Waals surface area contributed by atoms with Crippen LogP contribution in [0.5, 0.6) is 0 Å². The molecule has 3 rings (SSSR count). The van der Waals surface area contributed by atoms with Crippen LogP contribution in [0.15, 0.2) is 24.3 Å². The Balaban J connectivity index is 1.57. The van der Waals surface area contributed by atoms with Crippen molar-refractivity contribution in [1.29, 1.82) is 0 Å². The molecule has 1 saturated heterocycles. The summed E-state index contributed by atoms with van der Waals surface area (Å²) in [7, 11) is 0. The van der Waals surface area contributed by atoms with Crippen LogP contribution in [-0.2, 0) is 11.2 Å². The van der Waals surface area contributed by atoms with E-state index in [9.17, 15) is 0 Å². The number of hydrogen-bond acceptors (Lipinski definition) is 3. The lowest BCUT2D eigenvalue weighted by molar-refractivity contribution is -0.147. The summed E-state index contributed by atoms with van der Waals surface area (Å²) in [6, 6.07) is 9.21. The minimum Gasteiger partial charge on any atom is -0.375 e. The van der Waals surface area contributed by atoms with Crippen LogP contribution in [0.3, 0.4) is 0 Å². The first kappa shape index (κ1) is 15.0. The SMILES string of the molecule is Cc1cccc(CCC(NN)C2CCOC3(CCC3)C2)c1. The van der Waals surface area contributed by atoms with Gasteiger partial charge in [0.05, 0.1) is 5.60 Å². The van der Waals surface area contributed by atoms with Crippen molar-refractivity contribution in [3.8, 4) is 0 Å². The molecule has 0 aromatic heterocycles. The van der Waals surface area contributed by atoms with Crippen LogP contribution in [0.2, 0.25) is 0 Å². The molecule has 1 aromatic rings. The molecule has 1 heterocycles. The topological polar surface area (TPSA) is 47.3 Å². The molecule has 2 unspecified atom stereocenters. The molecule has 3 N–H and O–H groups in total. The Kier molecular flexibility index (Phi) is 4.63. The first-order chi connectivity index (χ1) is 10.2. The molecule has 2 atom stereocenters. The second kappa shape index (κ2) is 6.47. The van der Waals surface area contributed by atoms with Crippen molar-refractivity contribution in [2.75, 3.05) is 6.61 Å². The van der Waals surface area contributed by atoms with Crippen molar-refractivity contribution in [1.82, 2.24) is 5.43 Å². The lowest BCUT2D eigenvalue weighted by Crippen LogP contribution is -2.51. The molecular formula is C18H28N2O. The molecule has 2 aliphatic rings. The third-order valence-corrected chi connectivity index (χ3v) is 5.41. The first-order valence-corrected chi connectivity index (χ1v) is 8.36. The molecule has 2 fully saturated rings. The number of nitrogens with one attached hydrogen (secondary N) is 1. The van der Waals surface area contributed by atoms with Crippen molar-refractivity contribution in [2.24, 2.45) is 11.8 Å². The van der Waals surface area contributed by atoms with Gasteiger partial charge in [-0.3, -0.25) is 11.3 Å². The second-order valence-corrected chi connectivity index (χ2v) is 6.94. The van der Waals surface area contributed by atoms with Crippen LogP contribution in [0, 0.1) is 12.8 Å². The second-order valence-electron chi connectivity index (χ2n) is 6.94. The van der Waals surface area contributed by atoms with Crippen LogP contribution in [0.4, 0.5) is 0 Å². The summed E-state index contributed by atoms with van der Waals surface area (Å²) in [6.45, 7) is 3.06. The monoisotopic (exact) mass is 288 g/mol. The van der Waals surface area contributed by atoms with Gasteiger partial charge in [0.2, 0.25) is 0 Å². The van der Waals surface area contributed by atoms with Crippen molar-refractivity contribution in [3.63, 3.8) is 0 Å². The fourth-order valence-corrected chi connectivity index (χ4v) is 3.97. The summed E-state index contributed by atoms with van der Waals surface area (Å²) in [5.41, 5.74) is 6.05. The van der Waals surface area contributed by atoms with Crippen molar-refractivity contribution >= 4 is 0 Å². The smallest absolute Gasteiger partial charge is 0.0685 e. The predicted molar refractivity (Wildman–Crippen MR) is 85.9 cm³/mol. The molecule has 116 valence electrons. The Morgan fingerprint density at radius 1 is 1.43 bits per heavy atom. The zero-order chi connectivity index (χ0) is 14.7.